The molecule has 0 amide bonds. The maximum atomic E-state index is 9.79. The molecule has 0 aliphatic rings. The highest BCUT2D eigenvalue weighted by Crippen LogP contribution is 2.30. The summed E-state index contributed by atoms with van der Waals surface area (Å²) in [6, 6.07) is 10.7. The average molecular weight is 258 g/mol. The molecule has 6 heteroatoms. The Hall–Kier alpha value is -2.34. The number of hydrogen-bond acceptors (Lipinski definition) is 5. The molecule has 18 heavy (non-hydrogen) atoms. The van der Waals surface area contributed by atoms with Crippen molar-refractivity contribution in [1.82, 2.24) is 15.0 Å². The number of phenolic OH excluding ortho intramolecular Hbond substituents is 1. The molecule has 0 saturated heterocycles. The minimum atomic E-state index is 0.117. The van der Waals surface area contributed by atoms with E-state index in [1.807, 2.05) is 17.5 Å². The Morgan fingerprint density at radius 1 is 1.17 bits per heavy atom. The van der Waals surface area contributed by atoms with Gasteiger partial charge in [-0.2, -0.15) is 4.68 Å². The lowest BCUT2D eigenvalue weighted by molar-refractivity contribution is 0.470. The molecule has 0 spiro atoms. The summed E-state index contributed by atoms with van der Waals surface area (Å²) >= 11 is 1.54. The van der Waals surface area contributed by atoms with Gasteiger partial charge >= 0.3 is 0 Å². The van der Waals surface area contributed by atoms with Gasteiger partial charge in [-0.1, -0.05) is 23.4 Å². The zero-order valence-electron chi connectivity index (χ0n) is 9.32. The molecule has 0 radical (unpaired) electrons. The number of nitrogens with two attached hydrogens (primary N) is 1. The van der Waals surface area contributed by atoms with E-state index in [0.717, 1.165) is 4.88 Å². The number of benzene rings is 1. The van der Waals surface area contributed by atoms with Gasteiger partial charge in [0, 0.05) is 0 Å². The quantitative estimate of drug-likeness (QED) is 0.739. The van der Waals surface area contributed by atoms with Gasteiger partial charge in [0.1, 0.15) is 17.1 Å². The van der Waals surface area contributed by atoms with Gasteiger partial charge in [0.15, 0.2) is 5.82 Å². The molecule has 3 rings (SSSR count). The van der Waals surface area contributed by atoms with E-state index < -0.39 is 0 Å². The largest absolute Gasteiger partial charge is 0.506 e. The number of phenols is 1. The Morgan fingerprint density at radius 2 is 2.00 bits per heavy atom. The molecule has 3 N–H and O–H groups in total. The van der Waals surface area contributed by atoms with E-state index >= 15 is 0 Å². The van der Waals surface area contributed by atoms with Crippen LogP contribution >= 0.6 is 11.3 Å². The number of thiophene rings is 1. The van der Waals surface area contributed by atoms with Gasteiger partial charge in [-0.05, 0) is 23.6 Å². The predicted molar refractivity (Wildman–Crippen MR) is 70.7 cm³/mol. The van der Waals surface area contributed by atoms with Crippen molar-refractivity contribution >= 4 is 17.2 Å². The van der Waals surface area contributed by atoms with Gasteiger partial charge in [0.2, 0.25) is 0 Å². The lowest BCUT2D eigenvalue weighted by Gasteiger charge is -2.04. The maximum absolute atomic E-state index is 9.79. The van der Waals surface area contributed by atoms with Gasteiger partial charge < -0.3 is 10.8 Å². The molecule has 1 aromatic carbocycles. The normalized spacial score (nSPS) is 10.7. The number of para-hydroxylation sites is 2. The number of anilines is 1. The van der Waals surface area contributed by atoms with E-state index in [4.69, 9.17) is 5.73 Å². The van der Waals surface area contributed by atoms with Crippen molar-refractivity contribution in [3.8, 4) is 22.0 Å². The smallest absolute Gasteiger partial charge is 0.156 e. The van der Waals surface area contributed by atoms with E-state index in [2.05, 4.69) is 10.3 Å². The molecule has 2 aromatic heterocycles. The fourth-order valence-corrected chi connectivity index (χ4v) is 2.42. The predicted octanol–water partition coefficient (Wildman–Crippen LogP) is 2.28. The van der Waals surface area contributed by atoms with Crippen molar-refractivity contribution < 1.29 is 5.11 Å². The summed E-state index contributed by atoms with van der Waals surface area (Å²) in [5.41, 5.74) is 7.18. The number of nitrogen functional groups attached to an aromatic ring is 1. The van der Waals surface area contributed by atoms with Crippen LogP contribution in [-0.4, -0.2) is 20.1 Å². The summed E-state index contributed by atoms with van der Waals surface area (Å²) in [5.74, 6) is 0.533. The SMILES string of the molecule is Nc1c(-c2cccs2)nnn1-c1ccccc1O. The van der Waals surface area contributed by atoms with Gasteiger partial charge in [0.25, 0.3) is 0 Å². The van der Waals surface area contributed by atoms with E-state index in [9.17, 15) is 5.11 Å². The molecule has 0 saturated carbocycles. The fourth-order valence-electron chi connectivity index (χ4n) is 1.70. The average Bonchev–Trinajstić information content (AvgIpc) is 2.99. The molecular weight excluding hydrogens is 248 g/mol. The molecule has 90 valence electrons. The second-order valence-electron chi connectivity index (χ2n) is 3.70. The van der Waals surface area contributed by atoms with Crippen LogP contribution in [0.1, 0.15) is 0 Å². The Bertz CT molecular complexity index is 675. The molecule has 0 aliphatic carbocycles. The van der Waals surface area contributed by atoms with Crippen molar-refractivity contribution in [2.24, 2.45) is 0 Å². The molecule has 0 aliphatic heterocycles. The highest BCUT2D eigenvalue weighted by molar-refractivity contribution is 7.13. The summed E-state index contributed by atoms with van der Waals surface area (Å²) in [4.78, 5) is 0.953. The van der Waals surface area contributed by atoms with Gasteiger partial charge in [-0.15, -0.1) is 16.4 Å². The summed E-state index contributed by atoms with van der Waals surface area (Å²) in [7, 11) is 0. The van der Waals surface area contributed by atoms with Crippen molar-refractivity contribution in [1.29, 1.82) is 0 Å². The van der Waals surface area contributed by atoms with Gasteiger partial charge in [0.05, 0.1) is 4.88 Å². The molecular formula is C12H10N4OS. The molecule has 5 nitrogen and oxygen atoms in total. The summed E-state index contributed by atoms with van der Waals surface area (Å²) in [6.07, 6.45) is 0. The topological polar surface area (TPSA) is 77.0 Å². The molecule has 3 aromatic rings. The number of hydrogen-bond donors (Lipinski definition) is 2. The van der Waals surface area contributed by atoms with Crippen LogP contribution < -0.4 is 5.73 Å². The number of rotatable bonds is 2. The van der Waals surface area contributed by atoms with Crippen LogP contribution in [0.5, 0.6) is 5.75 Å². The minimum Gasteiger partial charge on any atom is -0.506 e. The Kier molecular flexibility index (Phi) is 2.49. The van der Waals surface area contributed by atoms with Crippen molar-refractivity contribution in [3.05, 3.63) is 41.8 Å². The zero-order valence-corrected chi connectivity index (χ0v) is 10.1. The van der Waals surface area contributed by atoms with Crippen molar-refractivity contribution in [2.75, 3.05) is 5.73 Å². The summed E-state index contributed by atoms with van der Waals surface area (Å²) in [6.45, 7) is 0. The van der Waals surface area contributed by atoms with Gasteiger partial charge in [-0.25, -0.2) is 0 Å². The monoisotopic (exact) mass is 258 g/mol. The second-order valence-corrected chi connectivity index (χ2v) is 4.65. The first-order valence-electron chi connectivity index (χ1n) is 5.31. The van der Waals surface area contributed by atoms with Crippen LogP contribution in [-0.2, 0) is 0 Å². The standard InChI is InChI=1S/C12H10N4OS/c13-12-11(10-6-3-7-18-10)14-15-16(12)8-4-1-2-5-9(8)17/h1-7,17H,13H2. The number of nitrogens with zero attached hydrogens (tertiary/aromatic N) is 3. The maximum Gasteiger partial charge on any atom is 0.156 e. The number of aromatic nitrogens is 3. The van der Waals surface area contributed by atoms with Crippen LogP contribution in [0.4, 0.5) is 5.82 Å². The lowest BCUT2D eigenvalue weighted by Crippen LogP contribution is -2.02. The first-order valence-corrected chi connectivity index (χ1v) is 6.19. The van der Waals surface area contributed by atoms with Crippen LogP contribution in [0.3, 0.4) is 0 Å². The van der Waals surface area contributed by atoms with Crippen LogP contribution in [0.15, 0.2) is 41.8 Å². The first kappa shape index (κ1) is 10.8. The molecule has 0 unspecified atom stereocenters. The summed E-state index contributed by atoms with van der Waals surface area (Å²) in [5, 5.41) is 19.8. The molecule has 0 fully saturated rings. The van der Waals surface area contributed by atoms with E-state index in [0.29, 0.717) is 17.2 Å². The Balaban J connectivity index is 2.14. The molecule has 0 bridgehead atoms. The Labute approximate surface area is 107 Å². The minimum absolute atomic E-state index is 0.117. The van der Waals surface area contributed by atoms with Crippen LogP contribution in [0.25, 0.3) is 16.3 Å². The number of aromatic hydroxyl groups is 1. The Morgan fingerprint density at radius 3 is 2.72 bits per heavy atom. The first-order chi connectivity index (χ1) is 8.77. The highest BCUT2D eigenvalue weighted by Gasteiger charge is 2.15. The third-order valence-electron chi connectivity index (χ3n) is 2.57. The van der Waals surface area contributed by atoms with Crippen molar-refractivity contribution in [2.45, 2.75) is 0 Å². The fraction of sp³-hybridized carbons (Fsp3) is 0. The van der Waals surface area contributed by atoms with Gasteiger partial charge in [-0.3, -0.25) is 0 Å². The highest BCUT2D eigenvalue weighted by atomic mass is 32.1. The molecule has 0 atom stereocenters. The van der Waals surface area contributed by atoms with Crippen LogP contribution in [0, 0.1) is 0 Å². The summed E-state index contributed by atoms with van der Waals surface area (Å²) < 4.78 is 1.43. The molecule has 2 heterocycles. The van der Waals surface area contributed by atoms with E-state index in [1.165, 1.54) is 4.68 Å². The zero-order chi connectivity index (χ0) is 12.5. The second kappa shape index (κ2) is 4.15. The van der Waals surface area contributed by atoms with E-state index in [1.54, 1.807) is 35.6 Å². The third-order valence-corrected chi connectivity index (χ3v) is 3.45. The lowest BCUT2D eigenvalue weighted by atomic mass is 10.3. The van der Waals surface area contributed by atoms with E-state index in [-0.39, 0.29) is 5.75 Å². The van der Waals surface area contributed by atoms with Crippen molar-refractivity contribution in [3.63, 3.8) is 0 Å². The van der Waals surface area contributed by atoms with Crippen LogP contribution in [0.2, 0.25) is 0 Å². The third kappa shape index (κ3) is 1.63.